The fraction of sp³-hybridized carbons (Fsp3) is 0.714. The number of hydrogen-bond donors (Lipinski definition) is 3. The van der Waals surface area contributed by atoms with E-state index in [0.717, 1.165) is 37.1 Å². The van der Waals surface area contributed by atoms with E-state index >= 15 is 0 Å². The second-order valence-corrected chi connectivity index (χ2v) is 5.55. The molecule has 1 aliphatic heterocycles. The number of aromatic nitrogens is 2. The third-order valence-corrected chi connectivity index (χ3v) is 3.71. The van der Waals surface area contributed by atoms with Crippen molar-refractivity contribution in [3.8, 4) is 0 Å². The van der Waals surface area contributed by atoms with Crippen molar-refractivity contribution in [2.45, 2.75) is 26.2 Å². The third kappa shape index (κ3) is 4.52. The van der Waals surface area contributed by atoms with E-state index in [-0.39, 0.29) is 0 Å². The smallest absolute Gasteiger partial charge is 0.223 e. The van der Waals surface area contributed by atoms with Gasteiger partial charge >= 0.3 is 0 Å². The van der Waals surface area contributed by atoms with Crippen molar-refractivity contribution in [3.63, 3.8) is 0 Å². The number of piperidine rings is 1. The second kappa shape index (κ2) is 7.28. The van der Waals surface area contributed by atoms with Crippen molar-refractivity contribution in [1.82, 2.24) is 14.9 Å². The Balaban J connectivity index is 1.87. The predicted octanol–water partition coefficient (Wildman–Crippen LogP) is 1.63. The van der Waals surface area contributed by atoms with Gasteiger partial charge in [0, 0.05) is 19.2 Å². The van der Waals surface area contributed by atoms with E-state index in [1.54, 1.807) is 0 Å². The molecular weight excluding hydrogens is 252 g/mol. The molecule has 1 fully saturated rings. The zero-order chi connectivity index (χ0) is 14.4. The molecule has 0 bridgehead atoms. The van der Waals surface area contributed by atoms with Gasteiger partial charge in [0.25, 0.3) is 0 Å². The van der Waals surface area contributed by atoms with Crippen LogP contribution in [0.4, 0.5) is 17.6 Å². The highest BCUT2D eigenvalue weighted by Gasteiger charge is 2.16. The molecule has 20 heavy (non-hydrogen) atoms. The minimum Gasteiger partial charge on any atom is -0.370 e. The van der Waals surface area contributed by atoms with Gasteiger partial charge in [-0.2, -0.15) is 9.97 Å². The van der Waals surface area contributed by atoms with E-state index in [2.05, 4.69) is 39.5 Å². The molecule has 2 heterocycles. The summed E-state index contributed by atoms with van der Waals surface area (Å²) >= 11 is 0. The number of nitrogens with zero attached hydrogens (tertiary/aromatic N) is 3. The number of rotatable bonds is 6. The van der Waals surface area contributed by atoms with Crippen LogP contribution < -0.4 is 16.4 Å². The molecule has 1 aromatic heterocycles. The summed E-state index contributed by atoms with van der Waals surface area (Å²) < 4.78 is 0. The SMILES string of the molecule is CCCNc1cc(NCC2CCN(C)CC2)nc(N)n1. The summed E-state index contributed by atoms with van der Waals surface area (Å²) in [6.45, 7) is 6.34. The molecule has 6 heteroatoms. The van der Waals surface area contributed by atoms with E-state index in [1.165, 1.54) is 25.9 Å². The number of nitrogen functional groups attached to an aromatic ring is 1. The minimum absolute atomic E-state index is 0.317. The predicted molar refractivity (Wildman–Crippen MR) is 83.9 cm³/mol. The molecule has 112 valence electrons. The molecule has 0 radical (unpaired) electrons. The van der Waals surface area contributed by atoms with Gasteiger partial charge < -0.3 is 21.3 Å². The molecule has 6 nitrogen and oxygen atoms in total. The maximum Gasteiger partial charge on any atom is 0.223 e. The number of anilines is 3. The summed E-state index contributed by atoms with van der Waals surface area (Å²) in [4.78, 5) is 10.8. The van der Waals surface area contributed by atoms with Crippen molar-refractivity contribution in [1.29, 1.82) is 0 Å². The fourth-order valence-corrected chi connectivity index (χ4v) is 2.42. The average molecular weight is 278 g/mol. The molecular formula is C14H26N6. The molecule has 1 aliphatic rings. The normalized spacial score (nSPS) is 17.1. The molecule has 4 N–H and O–H groups in total. The first-order valence-electron chi connectivity index (χ1n) is 7.48. The van der Waals surface area contributed by atoms with Gasteiger partial charge in [0.1, 0.15) is 11.6 Å². The molecule has 0 atom stereocenters. The summed E-state index contributed by atoms with van der Waals surface area (Å²) in [5, 5.41) is 6.64. The number of hydrogen-bond acceptors (Lipinski definition) is 6. The van der Waals surface area contributed by atoms with Crippen LogP contribution in [0.1, 0.15) is 26.2 Å². The van der Waals surface area contributed by atoms with E-state index in [4.69, 9.17) is 5.73 Å². The van der Waals surface area contributed by atoms with E-state index in [9.17, 15) is 0 Å². The van der Waals surface area contributed by atoms with Gasteiger partial charge in [-0.3, -0.25) is 0 Å². The molecule has 0 aromatic carbocycles. The molecule has 1 saturated heterocycles. The van der Waals surface area contributed by atoms with Gasteiger partial charge in [-0.1, -0.05) is 6.92 Å². The number of likely N-dealkylation sites (tertiary alicyclic amines) is 1. The van der Waals surface area contributed by atoms with Gasteiger partial charge in [-0.25, -0.2) is 0 Å². The Kier molecular flexibility index (Phi) is 5.40. The Labute approximate surface area is 121 Å². The number of nitrogens with one attached hydrogen (secondary N) is 2. The average Bonchev–Trinajstić information content (AvgIpc) is 2.44. The van der Waals surface area contributed by atoms with E-state index in [1.807, 2.05) is 6.07 Å². The highest BCUT2D eigenvalue weighted by atomic mass is 15.1. The highest BCUT2D eigenvalue weighted by Crippen LogP contribution is 2.18. The summed E-state index contributed by atoms with van der Waals surface area (Å²) in [5.74, 6) is 2.65. The van der Waals surface area contributed by atoms with Crippen molar-refractivity contribution in [2.24, 2.45) is 5.92 Å². The lowest BCUT2D eigenvalue weighted by atomic mass is 9.97. The van der Waals surface area contributed by atoms with Crippen molar-refractivity contribution in [2.75, 3.05) is 49.6 Å². The van der Waals surface area contributed by atoms with Crippen LogP contribution in [0.15, 0.2) is 6.07 Å². The minimum atomic E-state index is 0.317. The Morgan fingerprint density at radius 2 is 1.90 bits per heavy atom. The summed E-state index contributed by atoms with van der Waals surface area (Å²) in [6, 6.07) is 1.93. The number of nitrogens with two attached hydrogens (primary N) is 1. The zero-order valence-corrected chi connectivity index (χ0v) is 12.5. The van der Waals surface area contributed by atoms with Crippen LogP contribution in [-0.4, -0.2) is 48.1 Å². The third-order valence-electron chi connectivity index (χ3n) is 3.71. The molecule has 0 unspecified atom stereocenters. The van der Waals surface area contributed by atoms with Crippen LogP contribution in [0.5, 0.6) is 0 Å². The molecule has 0 saturated carbocycles. The van der Waals surface area contributed by atoms with Crippen molar-refractivity contribution < 1.29 is 0 Å². The van der Waals surface area contributed by atoms with Crippen molar-refractivity contribution >= 4 is 17.6 Å². The zero-order valence-electron chi connectivity index (χ0n) is 12.5. The molecule has 0 aliphatic carbocycles. The standard InChI is InChI=1S/C14H26N6/c1-3-6-16-12-9-13(19-14(15)18-12)17-10-11-4-7-20(2)8-5-11/h9,11H,3-8,10H2,1-2H3,(H4,15,16,17,18,19). The van der Waals surface area contributed by atoms with Gasteiger partial charge in [0.2, 0.25) is 5.95 Å². The monoisotopic (exact) mass is 278 g/mol. The fourth-order valence-electron chi connectivity index (χ4n) is 2.42. The lowest BCUT2D eigenvalue weighted by molar-refractivity contribution is 0.226. The molecule has 2 rings (SSSR count). The first-order valence-corrected chi connectivity index (χ1v) is 7.48. The van der Waals surface area contributed by atoms with Crippen LogP contribution >= 0.6 is 0 Å². The first kappa shape index (κ1) is 14.8. The highest BCUT2D eigenvalue weighted by molar-refractivity contribution is 5.50. The quantitative estimate of drug-likeness (QED) is 0.734. The lowest BCUT2D eigenvalue weighted by Gasteiger charge is -2.29. The Bertz CT molecular complexity index is 414. The summed E-state index contributed by atoms with van der Waals surface area (Å²) in [5.41, 5.74) is 5.75. The van der Waals surface area contributed by atoms with Gasteiger partial charge in [-0.15, -0.1) is 0 Å². The second-order valence-electron chi connectivity index (χ2n) is 5.55. The lowest BCUT2D eigenvalue weighted by Crippen LogP contribution is -2.33. The largest absolute Gasteiger partial charge is 0.370 e. The van der Waals surface area contributed by atoms with Gasteiger partial charge in [0.05, 0.1) is 0 Å². The van der Waals surface area contributed by atoms with E-state index < -0.39 is 0 Å². The van der Waals surface area contributed by atoms with Crippen LogP contribution in [0.2, 0.25) is 0 Å². The van der Waals surface area contributed by atoms with Crippen LogP contribution in [0.3, 0.4) is 0 Å². The summed E-state index contributed by atoms with van der Waals surface area (Å²) in [7, 11) is 2.18. The Morgan fingerprint density at radius 3 is 2.55 bits per heavy atom. The maximum absolute atomic E-state index is 5.75. The molecule has 0 amide bonds. The van der Waals surface area contributed by atoms with Crippen LogP contribution in [0.25, 0.3) is 0 Å². The Hall–Kier alpha value is -1.56. The molecule has 1 aromatic rings. The van der Waals surface area contributed by atoms with Gasteiger partial charge in [0.15, 0.2) is 0 Å². The van der Waals surface area contributed by atoms with Crippen LogP contribution in [0, 0.1) is 5.92 Å². The van der Waals surface area contributed by atoms with Crippen LogP contribution in [-0.2, 0) is 0 Å². The topological polar surface area (TPSA) is 79.1 Å². The summed E-state index contributed by atoms with van der Waals surface area (Å²) in [6.07, 6.45) is 3.54. The van der Waals surface area contributed by atoms with Crippen molar-refractivity contribution in [3.05, 3.63) is 6.07 Å². The first-order chi connectivity index (χ1) is 9.67. The molecule has 0 spiro atoms. The Morgan fingerprint density at radius 1 is 1.25 bits per heavy atom. The van der Waals surface area contributed by atoms with E-state index in [0.29, 0.717) is 5.95 Å². The maximum atomic E-state index is 5.75. The van der Waals surface area contributed by atoms with Gasteiger partial charge in [-0.05, 0) is 45.3 Å².